The molecular weight excluding hydrogens is 352 g/mol. The van der Waals surface area contributed by atoms with E-state index in [1.807, 2.05) is 38.1 Å². The van der Waals surface area contributed by atoms with Crippen LogP contribution in [-0.4, -0.2) is 43.2 Å². The Hall–Kier alpha value is -2.37. The van der Waals surface area contributed by atoms with Crippen molar-refractivity contribution >= 4 is 5.91 Å². The summed E-state index contributed by atoms with van der Waals surface area (Å²) in [5.41, 5.74) is 3.40. The summed E-state index contributed by atoms with van der Waals surface area (Å²) in [4.78, 5) is 14.9. The molecule has 1 atom stereocenters. The molecule has 1 saturated heterocycles. The highest BCUT2D eigenvalue weighted by molar-refractivity contribution is 5.81. The van der Waals surface area contributed by atoms with Crippen LogP contribution in [0, 0.1) is 6.92 Å². The van der Waals surface area contributed by atoms with Crippen molar-refractivity contribution in [1.82, 2.24) is 10.2 Å². The van der Waals surface area contributed by atoms with E-state index in [0.717, 1.165) is 49.7 Å². The number of morpholine rings is 1. The van der Waals surface area contributed by atoms with Crippen LogP contribution in [0.4, 0.5) is 0 Å². The Balaban J connectivity index is 1.49. The lowest BCUT2D eigenvalue weighted by Crippen LogP contribution is -2.37. The van der Waals surface area contributed by atoms with Crippen molar-refractivity contribution in [1.29, 1.82) is 0 Å². The molecule has 2 aromatic rings. The van der Waals surface area contributed by atoms with Gasteiger partial charge in [-0.3, -0.25) is 9.69 Å². The molecule has 2 aromatic carbocycles. The third kappa shape index (κ3) is 5.81. The second-order valence-corrected chi connectivity index (χ2v) is 7.20. The maximum Gasteiger partial charge on any atom is 0.261 e. The Morgan fingerprint density at radius 3 is 2.46 bits per heavy atom. The fraction of sp³-hybridized carbons (Fsp3) is 0.435. The number of nitrogens with one attached hydrogen (secondary N) is 1. The van der Waals surface area contributed by atoms with Crippen molar-refractivity contribution < 1.29 is 14.3 Å². The van der Waals surface area contributed by atoms with Crippen LogP contribution >= 0.6 is 0 Å². The number of hydrogen-bond donors (Lipinski definition) is 1. The smallest absolute Gasteiger partial charge is 0.261 e. The molecule has 28 heavy (non-hydrogen) atoms. The van der Waals surface area contributed by atoms with Gasteiger partial charge in [0.15, 0.2) is 6.10 Å². The summed E-state index contributed by atoms with van der Waals surface area (Å²) < 4.78 is 11.3. The second kappa shape index (κ2) is 10.2. The number of amides is 1. The van der Waals surface area contributed by atoms with Crippen LogP contribution in [0.2, 0.25) is 0 Å². The normalized spacial score (nSPS) is 15.8. The van der Waals surface area contributed by atoms with Gasteiger partial charge in [0.05, 0.1) is 13.2 Å². The van der Waals surface area contributed by atoms with Crippen LogP contribution in [-0.2, 0) is 22.6 Å². The lowest BCUT2D eigenvalue weighted by atomic mass is 10.1. The molecule has 0 aromatic heterocycles. The van der Waals surface area contributed by atoms with Gasteiger partial charge in [-0.25, -0.2) is 0 Å². The number of ether oxygens (including phenoxy) is 2. The van der Waals surface area contributed by atoms with Crippen molar-refractivity contribution in [2.24, 2.45) is 0 Å². The van der Waals surface area contributed by atoms with Crippen molar-refractivity contribution in [3.8, 4) is 5.75 Å². The van der Waals surface area contributed by atoms with Gasteiger partial charge in [-0.15, -0.1) is 0 Å². The van der Waals surface area contributed by atoms with Gasteiger partial charge in [0.1, 0.15) is 5.75 Å². The predicted octanol–water partition coefficient (Wildman–Crippen LogP) is 3.30. The van der Waals surface area contributed by atoms with Gasteiger partial charge < -0.3 is 14.8 Å². The Bertz CT molecular complexity index is 755. The monoisotopic (exact) mass is 382 g/mol. The molecule has 150 valence electrons. The molecule has 1 heterocycles. The molecule has 5 heteroatoms. The number of aryl methyl sites for hydroxylation is 1. The number of para-hydroxylation sites is 1. The van der Waals surface area contributed by atoms with E-state index in [4.69, 9.17) is 9.47 Å². The first-order chi connectivity index (χ1) is 13.7. The standard InChI is InChI=1S/C23H30N2O3/c1-3-21(28-22-7-5-4-6-18(22)2)23(26)24-16-19-8-10-20(11-9-19)17-25-12-14-27-15-13-25/h4-11,21H,3,12-17H2,1-2H3,(H,24,26)/t21-/m0/s1. The molecule has 3 rings (SSSR count). The number of benzene rings is 2. The molecule has 0 aliphatic carbocycles. The maximum atomic E-state index is 12.5. The third-order valence-corrected chi connectivity index (χ3v) is 5.03. The van der Waals surface area contributed by atoms with E-state index in [-0.39, 0.29) is 5.91 Å². The number of rotatable bonds is 8. The van der Waals surface area contributed by atoms with Gasteiger partial charge in [-0.1, -0.05) is 49.4 Å². The summed E-state index contributed by atoms with van der Waals surface area (Å²) in [5, 5.41) is 3.00. The van der Waals surface area contributed by atoms with E-state index in [2.05, 4.69) is 34.5 Å². The average Bonchev–Trinajstić information content (AvgIpc) is 2.73. The molecule has 1 fully saturated rings. The lowest BCUT2D eigenvalue weighted by molar-refractivity contribution is -0.128. The van der Waals surface area contributed by atoms with Crippen molar-refractivity contribution in [3.05, 3.63) is 65.2 Å². The van der Waals surface area contributed by atoms with E-state index >= 15 is 0 Å². The Morgan fingerprint density at radius 2 is 1.79 bits per heavy atom. The van der Waals surface area contributed by atoms with Gasteiger partial charge in [-0.2, -0.15) is 0 Å². The quantitative estimate of drug-likeness (QED) is 0.761. The SMILES string of the molecule is CC[C@H](Oc1ccccc1C)C(=O)NCc1ccc(CN2CCOCC2)cc1. The van der Waals surface area contributed by atoms with Crippen LogP contribution in [0.3, 0.4) is 0 Å². The molecule has 1 aliphatic heterocycles. The minimum atomic E-state index is -0.485. The van der Waals surface area contributed by atoms with Gasteiger partial charge in [0.25, 0.3) is 5.91 Å². The molecule has 0 spiro atoms. The fourth-order valence-electron chi connectivity index (χ4n) is 3.25. The largest absolute Gasteiger partial charge is 0.480 e. The molecule has 1 N–H and O–H groups in total. The lowest BCUT2D eigenvalue weighted by Gasteiger charge is -2.26. The average molecular weight is 383 g/mol. The molecule has 5 nitrogen and oxygen atoms in total. The molecule has 0 unspecified atom stereocenters. The number of nitrogens with zero attached hydrogens (tertiary/aromatic N) is 1. The molecule has 0 bridgehead atoms. The first-order valence-corrected chi connectivity index (χ1v) is 10.0. The zero-order valence-corrected chi connectivity index (χ0v) is 16.8. The van der Waals surface area contributed by atoms with E-state index in [1.165, 1.54) is 5.56 Å². The van der Waals surface area contributed by atoms with E-state index in [0.29, 0.717) is 13.0 Å². The highest BCUT2D eigenvalue weighted by Crippen LogP contribution is 2.19. The second-order valence-electron chi connectivity index (χ2n) is 7.20. The van der Waals surface area contributed by atoms with Crippen molar-refractivity contribution in [3.63, 3.8) is 0 Å². The highest BCUT2D eigenvalue weighted by Gasteiger charge is 2.18. The van der Waals surface area contributed by atoms with Gasteiger partial charge >= 0.3 is 0 Å². The molecule has 0 saturated carbocycles. The Kier molecular flexibility index (Phi) is 7.46. The summed E-state index contributed by atoms with van der Waals surface area (Å²) in [6, 6.07) is 16.2. The van der Waals surface area contributed by atoms with Crippen LogP contribution in [0.5, 0.6) is 5.75 Å². The number of carbonyl (C=O) groups is 1. The van der Waals surface area contributed by atoms with Crippen LogP contribution in [0.25, 0.3) is 0 Å². The van der Waals surface area contributed by atoms with E-state index in [1.54, 1.807) is 0 Å². The minimum absolute atomic E-state index is 0.0804. The van der Waals surface area contributed by atoms with Gasteiger partial charge in [-0.05, 0) is 36.1 Å². The van der Waals surface area contributed by atoms with Gasteiger partial charge in [0, 0.05) is 26.2 Å². The topological polar surface area (TPSA) is 50.8 Å². The number of carbonyl (C=O) groups excluding carboxylic acids is 1. The fourth-order valence-corrected chi connectivity index (χ4v) is 3.25. The Morgan fingerprint density at radius 1 is 1.11 bits per heavy atom. The first kappa shape index (κ1) is 20.4. The first-order valence-electron chi connectivity index (χ1n) is 10.0. The van der Waals surface area contributed by atoms with Crippen LogP contribution in [0.15, 0.2) is 48.5 Å². The maximum absolute atomic E-state index is 12.5. The van der Waals surface area contributed by atoms with E-state index in [9.17, 15) is 4.79 Å². The summed E-state index contributed by atoms with van der Waals surface area (Å²) >= 11 is 0. The van der Waals surface area contributed by atoms with E-state index < -0.39 is 6.10 Å². The zero-order chi connectivity index (χ0) is 19.8. The van der Waals surface area contributed by atoms with Gasteiger partial charge in [0.2, 0.25) is 0 Å². The van der Waals surface area contributed by atoms with Crippen LogP contribution in [0.1, 0.15) is 30.0 Å². The molecule has 1 amide bonds. The molecule has 1 aliphatic rings. The summed E-state index contributed by atoms with van der Waals surface area (Å²) in [5.74, 6) is 0.681. The van der Waals surface area contributed by atoms with Crippen molar-refractivity contribution in [2.75, 3.05) is 26.3 Å². The van der Waals surface area contributed by atoms with Crippen LogP contribution < -0.4 is 10.1 Å². The molecule has 0 radical (unpaired) electrons. The third-order valence-electron chi connectivity index (χ3n) is 5.03. The van der Waals surface area contributed by atoms with Crippen molar-refractivity contribution in [2.45, 2.75) is 39.5 Å². The predicted molar refractivity (Wildman–Crippen MR) is 110 cm³/mol. The Labute approximate surface area is 167 Å². The summed E-state index contributed by atoms with van der Waals surface area (Å²) in [6.45, 7) is 8.98. The molecular formula is C23H30N2O3. The number of hydrogen-bond acceptors (Lipinski definition) is 4. The minimum Gasteiger partial charge on any atom is -0.480 e. The zero-order valence-electron chi connectivity index (χ0n) is 16.8. The summed E-state index contributed by atoms with van der Waals surface area (Å²) in [7, 11) is 0. The summed E-state index contributed by atoms with van der Waals surface area (Å²) in [6.07, 6.45) is 0.139. The highest BCUT2D eigenvalue weighted by atomic mass is 16.5.